The Balaban J connectivity index is 2.17. The molecule has 2 aromatic carbocycles. The zero-order valence-electron chi connectivity index (χ0n) is 16.8. The molecule has 4 nitrogen and oxygen atoms in total. The molecule has 0 bridgehead atoms. The van der Waals surface area contributed by atoms with Gasteiger partial charge in [0.1, 0.15) is 11.0 Å². The summed E-state index contributed by atoms with van der Waals surface area (Å²) in [5.74, 6) is -0.153. The summed E-state index contributed by atoms with van der Waals surface area (Å²) in [4.78, 5) is -0.524. The van der Waals surface area contributed by atoms with Crippen LogP contribution >= 0.6 is 0 Å². The monoisotopic (exact) mass is 444 g/mol. The van der Waals surface area contributed by atoms with E-state index in [1.54, 1.807) is 30.3 Å². The molecule has 0 N–H and O–H groups in total. The first-order valence-electron chi connectivity index (χ1n) is 9.36. The number of alkyl halides is 3. The maximum absolute atomic E-state index is 13.5. The number of allylic oxidation sites excluding steroid dienone is 1. The van der Waals surface area contributed by atoms with Crippen LogP contribution in [-0.4, -0.2) is 13.0 Å². The first-order valence-corrected chi connectivity index (χ1v) is 10.8. The van der Waals surface area contributed by atoms with E-state index in [0.717, 1.165) is 6.07 Å². The minimum atomic E-state index is -4.56. The molecule has 0 aliphatic rings. The standard InChI is InChI=1S/C23H19F3N2O2S/c1-16(2)22-13-17(12-19(14-27)31(29,30)18-8-4-3-5-9-18)15-28(22)21-11-7-6-10-20(21)23(24,25)26/h3-13,15-16H,1-2H3/b19-12+. The van der Waals surface area contributed by atoms with Crippen LogP contribution in [0.5, 0.6) is 0 Å². The average molecular weight is 444 g/mol. The second-order valence-electron chi connectivity index (χ2n) is 7.17. The van der Waals surface area contributed by atoms with Gasteiger partial charge >= 0.3 is 6.18 Å². The number of aromatic nitrogens is 1. The molecule has 0 radical (unpaired) electrons. The summed E-state index contributed by atoms with van der Waals surface area (Å²) in [6.07, 6.45) is -1.96. The van der Waals surface area contributed by atoms with Crippen LogP contribution in [0.25, 0.3) is 11.8 Å². The largest absolute Gasteiger partial charge is 0.418 e. The van der Waals surface area contributed by atoms with Gasteiger partial charge in [-0.2, -0.15) is 18.4 Å². The fourth-order valence-electron chi connectivity index (χ4n) is 3.20. The second kappa shape index (κ2) is 8.44. The summed E-state index contributed by atoms with van der Waals surface area (Å²) < 4.78 is 67.6. The first kappa shape index (κ1) is 22.4. The minimum absolute atomic E-state index is 0.0336. The summed E-state index contributed by atoms with van der Waals surface area (Å²) in [6, 6.07) is 16.0. The third kappa shape index (κ3) is 4.57. The van der Waals surface area contributed by atoms with Gasteiger partial charge in [-0.1, -0.05) is 44.2 Å². The Morgan fingerprint density at radius 2 is 1.68 bits per heavy atom. The van der Waals surface area contributed by atoms with Gasteiger partial charge in [-0.25, -0.2) is 8.42 Å². The van der Waals surface area contributed by atoms with E-state index in [2.05, 4.69) is 0 Å². The van der Waals surface area contributed by atoms with E-state index < -0.39 is 26.5 Å². The van der Waals surface area contributed by atoms with Crippen molar-refractivity contribution in [3.8, 4) is 11.8 Å². The lowest BCUT2D eigenvalue weighted by Gasteiger charge is -2.17. The highest BCUT2D eigenvalue weighted by molar-refractivity contribution is 7.95. The van der Waals surface area contributed by atoms with Gasteiger partial charge in [0.25, 0.3) is 0 Å². The smallest absolute Gasteiger partial charge is 0.319 e. The number of hydrogen-bond donors (Lipinski definition) is 0. The number of sulfone groups is 1. The molecule has 0 atom stereocenters. The molecular formula is C23H19F3N2O2S. The van der Waals surface area contributed by atoms with Crippen LogP contribution in [0.4, 0.5) is 13.2 Å². The van der Waals surface area contributed by atoms with Crippen LogP contribution in [0.1, 0.15) is 36.6 Å². The van der Waals surface area contributed by atoms with Crippen molar-refractivity contribution in [2.45, 2.75) is 30.8 Å². The van der Waals surface area contributed by atoms with Gasteiger partial charge in [0.2, 0.25) is 9.84 Å². The summed E-state index contributed by atoms with van der Waals surface area (Å²) in [6.45, 7) is 3.64. The van der Waals surface area contributed by atoms with Crippen molar-refractivity contribution in [1.29, 1.82) is 5.26 Å². The Bertz CT molecular complexity index is 1270. The van der Waals surface area contributed by atoms with Gasteiger partial charge in [-0.15, -0.1) is 0 Å². The highest BCUT2D eigenvalue weighted by Gasteiger charge is 2.34. The Hall–Kier alpha value is -3.31. The van der Waals surface area contributed by atoms with Crippen molar-refractivity contribution >= 4 is 15.9 Å². The van der Waals surface area contributed by atoms with E-state index in [0.29, 0.717) is 11.3 Å². The number of para-hydroxylation sites is 1. The van der Waals surface area contributed by atoms with Gasteiger partial charge in [-0.3, -0.25) is 0 Å². The Labute approximate surface area is 178 Å². The van der Waals surface area contributed by atoms with Gasteiger partial charge in [0, 0.05) is 11.9 Å². The molecule has 0 fully saturated rings. The molecule has 0 aliphatic carbocycles. The molecule has 1 aromatic heterocycles. The fourth-order valence-corrected chi connectivity index (χ4v) is 4.39. The van der Waals surface area contributed by atoms with Crippen molar-refractivity contribution in [2.75, 3.05) is 0 Å². The third-order valence-corrected chi connectivity index (χ3v) is 6.36. The molecule has 1 heterocycles. The highest BCUT2D eigenvalue weighted by atomic mass is 32.2. The highest BCUT2D eigenvalue weighted by Crippen LogP contribution is 2.36. The molecule has 0 saturated heterocycles. The maximum Gasteiger partial charge on any atom is 0.418 e. The van der Waals surface area contributed by atoms with Gasteiger partial charge < -0.3 is 4.57 Å². The van der Waals surface area contributed by atoms with Crippen molar-refractivity contribution in [3.05, 3.63) is 88.6 Å². The summed E-state index contributed by atoms with van der Waals surface area (Å²) in [5.41, 5.74) is -0.00250. The van der Waals surface area contributed by atoms with Gasteiger partial charge in [-0.05, 0) is 47.9 Å². The van der Waals surface area contributed by atoms with E-state index >= 15 is 0 Å². The number of benzene rings is 2. The third-order valence-electron chi connectivity index (χ3n) is 4.68. The number of hydrogen-bond acceptors (Lipinski definition) is 3. The number of halogens is 3. The van der Waals surface area contributed by atoms with Crippen molar-refractivity contribution < 1.29 is 21.6 Å². The first-order chi connectivity index (χ1) is 14.6. The van der Waals surface area contributed by atoms with E-state index in [-0.39, 0.29) is 16.5 Å². The van der Waals surface area contributed by atoms with E-state index in [9.17, 15) is 26.9 Å². The van der Waals surface area contributed by atoms with Gasteiger partial charge in [0.15, 0.2) is 0 Å². The molecular weight excluding hydrogens is 425 g/mol. The van der Waals surface area contributed by atoms with E-state index in [1.165, 1.54) is 47.2 Å². The lowest BCUT2D eigenvalue weighted by molar-refractivity contribution is -0.137. The number of nitriles is 1. The molecule has 8 heteroatoms. The average Bonchev–Trinajstić information content (AvgIpc) is 3.16. The maximum atomic E-state index is 13.5. The van der Waals surface area contributed by atoms with E-state index in [4.69, 9.17) is 0 Å². The minimum Gasteiger partial charge on any atom is -0.319 e. The Morgan fingerprint density at radius 3 is 2.26 bits per heavy atom. The van der Waals surface area contributed by atoms with Gasteiger partial charge in [0.05, 0.1) is 16.1 Å². The fraction of sp³-hybridized carbons (Fsp3) is 0.174. The second-order valence-corrected chi connectivity index (χ2v) is 9.09. The zero-order chi connectivity index (χ0) is 22.8. The lowest BCUT2D eigenvalue weighted by Crippen LogP contribution is -2.12. The predicted molar refractivity (Wildman–Crippen MR) is 112 cm³/mol. The van der Waals surface area contributed by atoms with Crippen LogP contribution in [-0.2, 0) is 16.0 Å². The Morgan fingerprint density at radius 1 is 1.06 bits per heavy atom. The molecule has 0 saturated carbocycles. The summed E-state index contributed by atoms with van der Waals surface area (Å²) >= 11 is 0. The van der Waals surface area contributed by atoms with Crippen LogP contribution in [0.3, 0.4) is 0 Å². The number of rotatable bonds is 5. The summed E-state index contributed by atoms with van der Waals surface area (Å²) in [5, 5.41) is 9.48. The van der Waals surface area contributed by atoms with Crippen molar-refractivity contribution in [3.63, 3.8) is 0 Å². The molecule has 160 valence electrons. The normalized spacial score (nSPS) is 12.7. The topological polar surface area (TPSA) is 62.9 Å². The predicted octanol–water partition coefficient (Wildman–Crippen LogP) is 5.96. The molecule has 3 rings (SSSR count). The molecule has 3 aromatic rings. The molecule has 0 aliphatic heterocycles. The number of nitrogens with zero attached hydrogens (tertiary/aromatic N) is 2. The quantitative estimate of drug-likeness (QED) is 0.456. The lowest BCUT2D eigenvalue weighted by atomic mass is 10.1. The van der Waals surface area contributed by atoms with Crippen molar-refractivity contribution in [1.82, 2.24) is 4.57 Å². The molecule has 0 spiro atoms. The zero-order valence-corrected chi connectivity index (χ0v) is 17.6. The van der Waals surface area contributed by atoms with Crippen LogP contribution < -0.4 is 0 Å². The summed E-state index contributed by atoms with van der Waals surface area (Å²) in [7, 11) is -4.06. The molecule has 0 unspecified atom stereocenters. The Kier molecular flexibility index (Phi) is 6.09. The van der Waals surface area contributed by atoms with Crippen LogP contribution in [0.15, 0.2) is 76.7 Å². The van der Waals surface area contributed by atoms with Crippen molar-refractivity contribution in [2.24, 2.45) is 0 Å². The SMILES string of the molecule is CC(C)c1cc(/C=C(\C#N)S(=O)(=O)c2ccccc2)cn1-c1ccccc1C(F)(F)F. The van der Waals surface area contributed by atoms with Crippen LogP contribution in [0, 0.1) is 11.3 Å². The molecule has 0 amide bonds. The molecule has 31 heavy (non-hydrogen) atoms. The van der Waals surface area contributed by atoms with E-state index in [1.807, 2.05) is 13.8 Å². The van der Waals surface area contributed by atoms with Crippen LogP contribution in [0.2, 0.25) is 0 Å².